The summed E-state index contributed by atoms with van der Waals surface area (Å²) in [5.74, 6) is 0.679. The SMILES string of the molecule is CC(Oc1ccc(Br)nc1)C(=O)N1CCCC1. The third-order valence-corrected chi connectivity index (χ3v) is 3.25. The van der Waals surface area contributed by atoms with Gasteiger partial charge >= 0.3 is 0 Å². The van der Waals surface area contributed by atoms with Crippen molar-refractivity contribution < 1.29 is 9.53 Å². The van der Waals surface area contributed by atoms with E-state index in [2.05, 4.69) is 20.9 Å². The first kappa shape index (κ1) is 12.4. The zero-order valence-electron chi connectivity index (χ0n) is 9.73. The summed E-state index contributed by atoms with van der Waals surface area (Å²) in [4.78, 5) is 17.9. The maximum Gasteiger partial charge on any atom is 0.263 e. The molecule has 1 aromatic heterocycles. The molecule has 1 aliphatic heterocycles. The molecule has 1 fully saturated rings. The predicted molar refractivity (Wildman–Crippen MR) is 67.8 cm³/mol. The Labute approximate surface area is 109 Å². The van der Waals surface area contributed by atoms with Crippen molar-refractivity contribution in [2.24, 2.45) is 0 Å². The second-order valence-corrected chi connectivity index (χ2v) is 4.92. The molecule has 0 N–H and O–H groups in total. The normalized spacial score (nSPS) is 16.9. The van der Waals surface area contributed by atoms with Crippen molar-refractivity contribution in [2.45, 2.75) is 25.9 Å². The number of carbonyl (C=O) groups is 1. The molecule has 1 saturated heterocycles. The summed E-state index contributed by atoms with van der Waals surface area (Å²) < 4.78 is 6.32. The molecule has 4 nitrogen and oxygen atoms in total. The lowest BCUT2D eigenvalue weighted by molar-refractivity contribution is -0.136. The Kier molecular flexibility index (Phi) is 3.99. The van der Waals surface area contributed by atoms with E-state index >= 15 is 0 Å². The second kappa shape index (κ2) is 5.49. The molecule has 1 aromatic rings. The minimum absolute atomic E-state index is 0.0606. The molecule has 1 aliphatic rings. The Balaban J connectivity index is 1.93. The topological polar surface area (TPSA) is 42.4 Å². The summed E-state index contributed by atoms with van der Waals surface area (Å²) in [6.45, 7) is 3.49. The number of aromatic nitrogens is 1. The van der Waals surface area contributed by atoms with Gasteiger partial charge < -0.3 is 9.64 Å². The highest BCUT2D eigenvalue weighted by Crippen LogP contribution is 2.16. The van der Waals surface area contributed by atoms with Gasteiger partial charge in [-0.2, -0.15) is 0 Å². The van der Waals surface area contributed by atoms with Crippen molar-refractivity contribution in [3.05, 3.63) is 22.9 Å². The minimum Gasteiger partial charge on any atom is -0.479 e. The molecule has 5 heteroatoms. The van der Waals surface area contributed by atoms with Crippen molar-refractivity contribution >= 4 is 21.8 Å². The fraction of sp³-hybridized carbons (Fsp3) is 0.500. The number of hydrogen-bond acceptors (Lipinski definition) is 3. The molecule has 92 valence electrons. The van der Waals surface area contributed by atoms with Crippen LogP contribution in [0.5, 0.6) is 5.75 Å². The molecule has 0 aliphatic carbocycles. The summed E-state index contributed by atoms with van der Waals surface area (Å²) in [5, 5.41) is 0. The third kappa shape index (κ3) is 3.19. The van der Waals surface area contributed by atoms with Crippen LogP contribution in [0.4, 0.5) is 0 Å². The van der Waals surface area contributed by atoms with E-state index < -0.39 is 6.10 Å². The van der Waals surface area contributed by atoms with Crippen LogP contribution in [0.1, 0.15) is 19.8 Å². The van der Waals surface area contributed by atoms with Gasteiger partial charge in [-0.1, -0.05) is 0 Å². The van der Waals surface area contributed by atoms with Gasteiger partial charge in [0.05, 0.1) is 6.20 Å². The predicted octanol–water partition coefficient (Wildman–Crippen LogP) is 2.23. The number of halogens is 1. The van der Waals surface area contributed by atoms with E-state index in [1.807, 2.05) is 4.90 Å². The molecule has 0 spiro atoms. The Morgan fingerprint density at radius 2 is 2.18 bits per heavy atom. The fourth-order valence-electron chi connectivity index (χ4n) is 1.88. The molecular weight excluding hydrogens is 284 g/mol. The van der Waals surface area contributed by atoms with E-state index in [9.17, 15) is 4.79 Å². The smallest absolute Gasteiger partial charge is 0.263 e. The lowest BCUT2D eigenvalue weighted by Crippen LogP contribution is -2.38. The number of amides is 1. The van der Waals surface area contributed by atoms with Crippen molar-refractivity contribution in [3.63, 3.8) is 0 Å². The molecule has 0 bridgehead atoms. The van der Waals surface area contributed by atoms with Crippen molar-refractivity contribution in [1.29, 1.82) is 0 Å². The van der Waals surface area contributed by atoms with Gasteiger partial charge in [0.1, 0.15) is 10.4 Å². The molecule has 2 rings (SSSR count). The zero-order chi connectivity index (χ0) is 12.3. The first-order valence-corrected chi connectivity index (χ1v) is 6.53. The van der Waals surface area contributed by atoms with E-state index in [1.165, 1.54) is 0 Å². The maximum atomic E-state index is 12.0. The van der Waals surface area contributed by atoms with Crippen molar-refractivity contribution in [2.75, 3.05) is 13.1 Å². The zero-order valence-corrected chi connectivity index (χ0v) is 11.3. The van der Waals surface area contributed by atoms with Crippen LogP contribution in [0.25, 0.3) is 0 Å². The quantitative estimate of drug-likeness (QED) is 0.804. The molecule has 2 heterocycles. The summed E-state index contributed by atoms with van der Waals surface area (Å²) in [5.41, 5.74) is 0. The number of ether oxygens (including phenoxy) is 1. The summed E-state index contributed by atoms with van der Waals surface area (Å²) in [6, 6.07) is 3.59. The molecule has 1 atom stereocenters. The largest absolute Gasteiger partial charge is 0.479 e. The van der Waals surface area contributed by atoms with Crippen LogP contribution in [0.2, 0.25) is 0 Å². The van der Waals surface area contributed by atoms with Crippen LogP contribution < -0.4 is 4.74 Å². The molecule has 0 radical (unpaired) electrons. The second-order valence-electron chi connectivity index (χ2n) is 4.11. The van der Waals surface area contributed by atoms with E-state index in [-0.39, 0.29) is 5.91 Å². The van der Waals surface area contributed by atoms with E-state index in [0.717, 1.165) is 30.5 Å². The average molecular weight is 299 g/mol. The molecule has 1 unspecified atom stereocenters. The Morgan fingerprint density at radius 1 is 1.47 bits per heavy atom. The average Bonchev–Trinajstić information content (AvgIpc) is 2.84. The van der Waals surface area contributed by atoms with Gasteiger partial charge in [-0.05, 0) is 47.8 Å². The highest BCUT2D eigenvalue weighted by molar-refractivity contribution is 9.10. The molecular formula is C12H15BrN2O2. The van der Waals surface area contributed by atoms with Crippen LogP contribution in [0, 0.1) is 0 Å². The van der Waals surface area contributed by atoms with Crippen molar-refractivity contribution in [3.8, 4) is 5.75 Å². The maximum absolute atomic E-state index is 12.0. The number of pyridine rings is 1. The van der Waals surface area contributed by atoms with Gasteiger partial charge in [0, 0.05) is 13.1 Å². The lowest BCUT2D eigenvalue weighted by Gasteiger charge is -2.20. The Bertz CT molecular complexity index is 388. The van der Waals surface area contributed by atoms with E-state index in [4.69, 9.17) is 4.74 Å². The van der Waals surface area contributed by atoms with Crippen LogP contribution in [-0.2, 0) is 4.79 Å². The van der Waals surface area contributed by atoms with Gasteiger partial charge in [0.2, 0.25) is 0 Å². The Hall–Kier alpha value is -1.10. The van der Waals surface area contributed by atoms with Crippen molar-refractivity contribution in [1.82, 2.24) is 9.88 Å². The van der Waals surface area contributed by atoms with E-state index in [1.54, 1.807) is 25.3 Å². The monoisotopic (exact) mass is 298 g/mol. The van der Waals surface area contributed by atoms with Gasteiger partial charge in [-0.25, -0.2) is 4.98 Å². The standard InChI is InChI=1S/C12H15BrN2O2/c1-9(12(16)15-6-2-3-7-15)17-10-4-5-11(13)14-8-10/h4-5,8-9H,2-3,6-7H2,1H3. The van der Waals surface area contributed by atoms with Gasteiger partial charge in [0.25, 0.3) is 5.91 Å². The van der Waals surface area contributed by atoms with Gasteiger partial charge in [-0.3, -0.25) is 4.79 Å². The highest BCUT2D eigenvalue weighted by Gasteiger charge is 2.24. The summed E-state index contributed by atoms with van der Waals surface area (Å²) >= 11 is 3.25. The molecule has 17 heavy (non-hydrogen) atoms. The first-order valence-electron chi connectivity index (χ1n) is 5.74. The molecule has 0 saturated carbocycles. The van der Waals surface area contributed by atoms with Crippen LogP contribution >= 0.6 is 15.9 Å². The number of likely N-dealkylation sites (tertiary alicyclic amines) is 1. The van der Waals surface area contributed by atoms with E-state index in [0.29, 0.717) is 5.75 Å². The number of carbonyl (C=O) groups excluding carboxylic acids is 1. The van der Waals surface area contributed by atoms with Crippen LogP contribution in [0.15, 0.2) is 22.9 Å². The number of nitrogens with zero attached hydrogens (tertiary/aromatic N) is 2. The van der Waals surface area contributed by atoms with Crippen LogP contribution in [0.3, 0.4) is 0 Å². The lowest BCUT2D eigenvalue weighted by atomic mass is 10.3. The summed E-state index contributed by atoms with van der Waals surface area (Å²) in [6.07, 6.45) is 3.35. The summed E-state index contributed by atoms with van der Waals surface area (Å²) in [7, 11) is 0. The Morgan fingerprint density at radius 3 is 2.76 bits per heavy atom. The van der Waals surface area contributed by atoms with Gasteiger partial charge in [0.15, 0.2) is 6.10 Å². The fourth-order valence-corrected chi connectivity index (χ4v) is 2.12. The first-order chi connectivity index (χ1) is 8.16. The van der Waals surface area contributed by atoms with Gasteiger partial charge in [-0.15, -0.1) is 0 Å². The number of hydrogen-bond donors (Lipinski definition) is 0. The molecule has 0 aromatic carbocycles. The third-order valence-electron chi connectivity index (χ3n) is 2.78. The number of rotatable bonds is 3. The van der Waals surface area contributed by atoms with Crippen LogP contribution in [-0.4, -0.2) is 35.0 Å². The molecule has 1 amide bonds. The highest BCUT2D eigenvalue weighted by atomic mass is 79.9. The minimum atomic E-state index is -0.448.